The average Bonchev–Trinajstić information content (AvgIpc) is 2.63. The van der Waals surface area contributed by atoms with Crippen molar-refractivity contribution in [2.24, 2.45) is 0 Å². The van der Waals surface area contributed by atoms with E-state index in [1.54, 1.807) is 0 Å². The number of hydrogen-bond acceptors (Lipinski definition) is 3. The van der Waals surface area contributed by atoms with Crippen LogP contribution >= 0.6 is 0 Å². The van der Waals surface area contributed by atoms with Gasteiger partial charge in [0, 0.05) is 18.8 Å². The predicted octanol–water partition coefficient (Wildman–Crippen LogP) is 4.10. The van der Waals surface area contributed by atoms with Crippen LogP contribution in [-0.2, 0) is 0 Å². The third-order valence-corrected chi connectivity index (χ3v) is 4.19. The van der Waals surface area contributed by atoms with E-state index in [1.807, 2.05) is 48.5 Å². The van der Waals surface area contributed by atoms with Crippen LogP contribution in [0.2, 0.25) is 0 Å². The Balaban J connectivity index is 2.27. The van der Waals surface area contributed by atoms with Crippen LogP contribution in [0.25, 0.3) is 0 Å². The van der Waals surface area contributed by atoms with Crippen LogP contribution in [0.15, 0.2) is 60.7 Å². The van der Waals surface area contributed by atoms with Gasteiger partial charge in [0.2, 0.25) is 0 Å². The molecule has 0 bridgehead atoms. The molecule has 0 aliphatic heterocycles. The van der Waals surface area contributed by atoms with Crippen molar-refractivity contribution in [2.75, 3.05) is 31.1 Å². The highest BCUT2D eigenvalue weighted by molar-refractivity contribution is 5.50. The van der Waals surface area contributed by atoms with Gasteiger partial charge >= 0.3 is 0 Å². The summed E-state index contributed by atoms with van der Waals surface area (Å²) in [6, 6.07) is 22.5. The van der Waals surface area contributed by atoms with Crippen molar-refractivity contribution in [1.82, 2.24) is 4.90 Å². The molecule has 0 saturated carbocycles. The molecule has 0 aromatic heterocycles. The Morgan fingerprint density at radius 3 is 1.96 bits per heavy atom. The molecule has 2 aromatic carbocycles. The Kier molecular flexibility index (Phi) is 6.65. The monoisotopic (exact) mass is 307 g/mol. The van der Waals surface area contributed by atoms with E-state index in [2.05, 4.69) is 41.8 Å². The summed E-state index contributed by atoms with van der Waals surface area (Å²) < 4.78 is 0. The highest BCUT2D eigenvalue weighted by Gasteiger charge is 2.20. The topological polar surface area (TPSA) is 30.3 Å². The molecule has 1 atom stereocenters. The average molecular weight is 307 g/mol. The van der Waals surface area contributed by atoms with Crippen LogP contribution < -0.4 is 4.90 Å². The van der Waals surface area contributed by atoms with Gasteiger partial charge in [-0.05, 0) is 30.8 Å². The number of nitriles is 1. The van der Waals surface area contributed by atoms with Gasteiger partial charge in [-0.15, -0.1) is 0 Å². The maximum atomic E-state index is 9.79. The summed E-state index contributed by atoms with van der Waals surface area (Å²) in [5.41, 5.74) is 2.13. The van der Waals surface area contributed by atoms with E-state index in [4.69, 9.17) is 0 Å². The molecular weight excluding hydrogens is 282 g/mol. The number of nitrogens with zero attached hydrogens (tertiary/aromatic N) is 3. The molecule has 0 saturated heterocycles. The van der Waals surface area contributed by atoms with E-state index < -0.39 is 0 Å². The number of para-hydroxylation sites is 1. The minimum atomic E-state index is -0.269. The molecular formula is C20H25N3. The van der Waals surface area contributed by atoms with Crippen molar-refractivity contribution < 1.29 is 0 Å². The number of likely N-dealkylation sites (N-methyl/N-ethyl adjacent to an activating group) is 1. The van der Waals surface area contributed by atoms with E-state index in [1.165, 1.54) is 0 Å². The van der Waals surface area contributed by atoms with E-state index in [-0.39, 0.29) is 6.04 Å². The fourth-order valence-corrected chi connectivity index (χ4v) is 2.78. The van der Waals surface area contributed by atoms with Crippen molar-refractivity contribution in [1.29, 1.82) is 5.26 Å². The molecule has 0 fully saturated rings. The van der Waals surface area contributed by atoms with E-state index in [0.29, 0.717) is 0 Å². The van der Waals surface area contributed by atoms with Gasteiger partial charge < -0.3 is 9.80 Å². The lowest BCUT2D eigenvalue weighted by molar-refractivity contribution is 0.308. The van der Waals surface area contributed by atoms with Gasteiger partial charge in [0.05, 0.1) is 6.07 Å². The molecule has 0 N–H and O–H groups in total. The quantitative estimate of drug-likeness (QED) is 0.735. The lowest BCUT2D eigenvalue weighted by Crippen LogP contribution is -2.37. The first-order chi connectivity index (χ1) is 11.3. The molecule has 23 heavy (non-hydrogen) atoms. The Hall–Kier alpha value is -2.31. The predicted molar refractivity (Wildman–Crippen MR) is 96.4 cm³/mol. The number of hydrogen-bond donors (Lipinski definition) is 0. The Morgan fingerprint density at radius 1 is 0.870 bits per heavy atom. The van der Waals surface area contributed by atoms with Crippen molar-refractivity contribution in [3.8, 4) is 6.07 Å². The molecule has 3 nitrogen and oxygen atoms in total. The smallest absolute Gasteiger partial charge is 0.142 e. The maximum absolute atomic E-state index is 9.79. The second-order valence-corrected chi connectivity index (χ2v) is 5.50. The molecule has 0 heterocycles. The molecule has 0 amide bonds. The molecule has 2 aromatic rings. The fraction of sp³-hybridized carbons (Fsp3) is 0.350. The summed E-state index contributed by atoms with van der Waals surface area (Å²) in [7, 11) is 0. The zero-order valence-electron chi connectivity index (χ0n) is 14.0. The lowest BCUT2D eigenvalue weighted by Gasteiger charge is -2.32. The van der Waals surface area contributed by atoms with Crippen LogP contribution in [0.5, 0.6) is 0 Å². The molecule has 0 spiro atoms. The van der Waals surface area contributed by atoms with Crippen LogP contribution in [0.3, 0.4) is 0 Å². The second kappa shape index (κ2) is 8.97. The SMILES string of the molecule is CCN(CC)CCN(c1ccccc1)C(C#N)c1ccccc1. The van der Waals surface area contributed by atoms with Crippen molar-refractivity contribution >= 4 is 5.69 Å². The molecule has 0 radical (unpaired) electrons. The first-order valence-electron chi connectivity index (χ1n) is 8.28. The minimum absolute atomic E-state index is 0.269. The highest BCUT2D eigenvalue weighted by atomic mass is 15.2. The van der Waals surface area contributed by atoms with Crippen LogP contribution in [0.1, 0.15) is 25.5 Å². The van der Waals surface area contributed by atoms with Crippen molar-refractivity contribution in [2.45, 2.75) is 19.9 Å². The van der Waals surface area contributed by atoms with Crippen molar-refractivity contribution in [3.63, 3.8) is 0 Å². The normalized spacial score (nSPS) is 11.9. The van der Waals surface area contributed by atoms with Gasteiger partial charge in [-0.2, -0.15) is 5.26 Å². The Labute approximate surface area is 139 Å². The zero-order chi connectivity index (χ0) is 16.5. The molecule has 0 aliphatic rings. The molecule has 3 heteroatoms. The first-order valence-corrected chi connectivity index (χ1v) is 8.28. The Bertz CT molecular complexity index is 600. The number of rotatable bonds is 8. The van der Waals surface area contributed by atoms with Gasteiger partial charge in [-0.25, -0.2) is 0 Å². The fourth-order valence-electron chi connectivity index (χ4n) is 2.78. The number of anilines is 1. The summed E-state index contributed by atoms with van der Waals surface area (Å²) in [4.78, 5) is 4.59. The maximum Gasteiger partial charge on any atom is 0.142 e. The third kappa shape index (κ3) is 4.58. The van der Waals surface area contributed by atoms with Crippen LogP contribution in [0, 0.1) is 11.3 Å². The molecule has 120 valence electrons. The lowest BCUT2D eigenvalue weighted by atomic mass is 10.1. The van der Waals surface area contributed by atoms with E-state index in [0.717, 1.165) is 37.4 Å². The summed E-state index contributed by atoms with van der Waals surface area (Å²) in [5, 5.41) is 9.79. The van der Waals surface area contributed by atoms with Crippen molar-refractivity contribution in [3.05, 3.63) is 66.2 Å². The number of benzene rings is 2. The largest absolute Gasteiger partial charge is 0.351 e. The van der Waals surface area contributed by atoms with Crippen LogP contribution in [0.4, 0.5) is 5.69 Å². The summed E-state index contributed by atoms with van der Waals surface area (Å²) >= 11 is 0. The van der Waals surface area contributed by atoms with Gasteiger partial charge in [-0.1, -0.05) is 62.4 Å². The zero-order valence-corrected chi connectivity index (χ0v) is 14.0. The first kappa shape index (κ1) is 17.1. The van der Waals surface area contributed by atoms with Gasteiger partial charge in [0.1, 0.15) is 6.04 Å². The second-order valence-electron chi connectivity index (χ2n) is 5.50. The third-order valence-electron chi connectivity index (χ3n) is 4.19. The van der Waals surface area contributed by atoms with E-state index >= 15 is 0 Å². The van der Waals surface area contributed by atoms with Crippen LogP contribution in [-0.4, -0.2) is 31.1 Å². The van der Waals surface area contributed by atoms with Gasteiger partial charge in [0.15, 0.2) is 0 Å². The van der Waals surface area contributed by atoms with Gasteiger partial charge in [-0.3, -0.25) is 0 Å². The van der Waals surface area contributed by atoms with E-state index in [9.17, 15) is 5.26 Å². The molecule has 2 rings (SSSR count). The standard InChI is InChI=1S/C20H25N3/c1-3-22(4-2)15-16-23(19-13-9-6-10-14-19)20(17-21)18-11-7-5-8-12-18/h5-14,20H,3-4,15-16H2,1-2H3. The molecule has 0 aliphatic carbocycles. The summed E-state index contributed by atoms with van der Waals surface area (Å²) in [6.07, 6.45) is 0. The van der Waals surface area contributed by atoms with Gasteiger partial charge in [0.25, 0.3) is 0 Å². The summed E-state index contributed by atoms with van der Waals surface area (Å²) in [5.74, 6) is 0. The highest BCUT2D eigenvalue weighted by Crippen LogP contribution is 2.26. The molecule has 1 unspecified atom stereocenters. The Morgan fingerprint density at radius 2 is 1.43 bits per heavy atom. The summed E-state index contributed by atoms with van der Waals surface area (Å²) in [6.45, 7) is 8.19. The minimum Gasteiger partial charge on any atom is -0.351 e.